The number of nitriles is 1. The molecule has 2 aromatic carbocycles. The van der Waals surface area contributed by atoms with Gasteiger partial charge in [-0.3, -0.25) is 0 Å². The summed E-state index contributed by atoms with van der Waals surface area (Å²) in [6, 6.07) is 18.0. The molecule has 0 aliphatic rings. The maximum Gasteiger partial charge on any atom is 0.122 e. The fourth-order valence-electron chi connectivity index (χ4n) is 2.24. The Bertz CT molecular complexity index is 605. The standard InChI is InChI=1S/C18H20N2O.ClH/c1-21-18-5-3-2-4-17(18)11-13-20-12-10-15-6-8-16(14-19)9-7-15;/h2-9,20H,10-13H2,1H3;1H. The number of ether oxygens (including phenoxy) is 1. The van der Waals surface area contributed by atoms with E-state index < -0.39 is 0 Å². The molecule has 0 saturated heterocycles. The van der Waals surface area contributed by atoms with Gasteiger partial charge >= 0.3 is 0 Å². The lowest BCUT2D eigenvalue weighted by Crippen LogP contribution is -2.20. The molecule has 0 bridgehead atoms. The number of hydrogen-bond donors (Lipinski definition) is 1. The van der Waals surface area contributed by atoms with E-state index in [1.165, 1.54) is 11.1 Å². The highest BCUT2D eigenvalue weighted by molar-refractivity contribution is 5.85. The molecule has 0 radical (unpaired) electrons. The zero-order valence-electron chi connectivity index (χ0n) is 12.7. The summed E-state index contributed by atoms with van der Waals surface area (Å²) in [6.45, 7) is 1.86. The number of benzene rings is 2. The van der Waals surface area contributed by atoms with Gasteiger partial charge in [0.05, 0.1) is 18.7 Å². The van der Waals surface area contributed by atoms with Gasteiger partial charge in [-0.2, -0.15) is 5.26 Å². The van der Waals surface area contributed by atoms with Crippen LogP contribution in [0.3, 0.4) is 0 Å². The van der Waals surface area contributed by atoms with E-state index in [1.54, 1.807) is 7.11 Å². The number of methoxy groups -OCH3 is 1. The molecule has 0 aliphatic heterocycles. The van der Waals surface area contributed by atoms with E-state index in [0.717, 1.165) is 31.7 Å². The maximum atomic E-state index is 8.75. The van der Waals surface area contributed by atoms with Crippen LogP contribution in [0.1, 0.15) is 16.7 Å². The van der Waals surface area contributed by atoms with E-state index >= 15 is 0 Å². The van der Waals surface area contributed by atoms with Crippen molar-refractivity contribution in [1.29, 1.82) is 5.26 Å². The van der Waals surface area contributed by atoms with E-state index in [1.807, 2.05) is 42.5 Å². The average Bonchev–Trinajstić information content (AvgIpc) is 2.55. The molecule has 1 N–H and O–H groups in total. The van der Waals surface area contributed by atoms with Gasteiger partial charge in [-0.1, -0.05) is 30.3 Å². The third-order valence-corrected chi connectivity index (χ3v) is 3.44. The molecule has 0 spiro atoms. The molecule has 2 aromatic rings. The SMILES string of the molecule is COc1ccccc1CCNCCc1ccc(C#N)cc1.Cl. The van der Waals surface area contributed by atoms with Crippen molar-refractivity contribution in [3.63, 3.8) is 0 Å². The number of hydrogen-bond acceptors (Lipinski definition) is 3. The Balaban J connectivity index is 0.00000242. The van der Waals surface area contributed by atoms with Crippen LogP contribution in [0, 0.1) is 11.3 Å². The lowest BCUT2D eigenvalue weighted by atomic mass is 10.1. The molecule has 2 rings (SSSR count). The van der Waals surface area contributed by atoms with Crippen LogP contribution in [-0.4, -0.2) is 20.2 Å². The van der Waals surface area contributed by atoms with Crippen molar-refractivity contribution in [2.45, 2.75) is 12.8 Å². The lowest BCUT2D eigenvalue weighted by molar-refractivity contribution is 0.409. The first-order chi connectivity index (χ1) is 10.3. The minimum absolute atomic E-state index is 0. The maximum absolute atomic E-state index is 8.75. The number of rotatable bonds is 7. The summed E-state index contributed by atoms with van der Waals surface area (Å²) in [7, 11) is 1.71. The fraction of sp³-hybridized carbons (Fsp3) is 0.278. The van der Waals surface area contributed by atoms with E-state index in [4.69, 9.17) is 10.00 Å². The third-order valence-electron chi connectivity index (χ3n) is 3.44. The quantitative estimate of drug-likeness (QED) is 0.797. The van der Waals surface area contributed by atoms with Crippen LogP contribution in [-0.2, 0) is 12.8 Å². The molecular formula is C18H21ClN2O. The summed E-state index contributed by atoms with van der Waals surface area (Å²) in [5.41, 5.74) is 3.19. The van der Waals surface area contributed by atoms with Gasteiger partial charge in [-0.05, 0) is 55.3 Å². The van der Waals surface area contributed by atoms with Crippen LogP contribution in [0.4, 0.5) is 0 Å². The number of nitrogens with one attached hydrogen (secondary N) is 1. The van der Waals surface area contributed by atoms with Crippen molar-refractivity contribution >= 4 is 12.4 Å². The van der Waals surface area contributed by atoms with E-state index in [2.05, 4.69) is 17.5 Å². The summed E-state index contributed by atoms with van der Waals surface area (Å²) in [5, 5.41) is 12.2. The third kappa shape index (κ3) is 5.40. The van der Waals surface area contributed by atoms with Gasteiger partial charge in [0.1, 0.15) is 5.75 Å². The van der Waals surface area contributed by atoms with E-state index in [9.17, 15) is 0 Å². The van der Waals surface area contributed by atoms with Crippen LogP contribution < -0.4 is 10.1 Å². The van der Waals surface area contributed by atoms with E-state index in [-0.39, 0.29) is 12.4 Å². The Hall–Kier alpha value is -2.02. The second-order valence-electron chi connectivity index (χ2n) is 4.87. The van der Waals surface area contributed by atoms with Crippen LogP contribution in [0.2, 0.25) is 0 Å². The summed E-state index contributed by atoms with van der Waals surface area (Å²) in [4.78, 5) is 0. The van der Waals surface area contributed by atoms with Crippen LogP contribution in [0.25, 0.3) is 0 Å². The first-order valence-electron chi connectivity index (χ1n) is 7.15. The monoisotopic (exact) mass is 316 g/mol. The Morgan fingerprint density at radius 1 is 1.00 bits per heavy atom. The Morgan fingerprint density at radius 2 is 1.68 bits per heavy atom. The van der Waals surface area contributed by atoms with Crippen LogP contribution >= 0.6 is 12.4 Å². The second-order valence-corrected chi connectivity index (χ2v) is 4.87. The Kier molecular flexibility index (Phi) is 8.06. The van der Waals surface area contributed by atoms with Gasteiger partial charge in [0, 0.05) is 0 Å². The molecule has 22 heavy (non-hydrogen) atoms. The molecule has 4 heteroatoms. The normalized spacial score (nSPS) is 9.64. The van der Waals surface area contributed by atoms with Gasteiger partial charge in [0.2, 0.25) is 0 Å². The summed E-state index contributed by atoms with van der Waals surface area (Å²) in [6.07, 6.45) is 1.93. The van der Waals surface area contributed by atoms with Gasteiger partial charge in [-0.15, -0.1) is 12.4 Å². The van der Waals surface area contributed by atoms with Crippen molar-refractivity contribution < 1.29 is 4.74 Å². The van der Waals surface area contributed by atoms with Crippen molar-refractivity contribution in [1.82, 2.24) is 5.32 Å². The van der Waals surface area contributed by atoms with Gasteiger partial charge in [0.25, 0.3) is 0 Å². The molecule has 0 saturated carbocycles. The topological polar surface area (TPSA) is 45.0 Å². The number of nitrogens with zero attached hydrogens (tertiary/aromatic N) is 1. The van der Waals surface area contributed by atoms with Crippen molar-refractivity contribution in [3.8, 4) is 11.8 Å². The molecule has 3 nitrogen and oxygen atoms in total. The Morgan fingerprint density at radius 3 is 2.36 bits per heavy atom. The zero-order valence-corrected chi connectivity index (χ0v) is 13.5. The molecule has 0 fully saturated rings. The minimum Gasteiger partial charge on any atom is -0.496 e. The predicted octanol–water partition coefficient (Wildman–Crippen LogP) is 3.36. The molecule has 0 aromatic heterocycles. The molecule has 0 heterocycles. The molecule has 0 amide bonds. The molecule has 0 unspecified atom stereocenters. The number of para-hydroxylation sites is 1. The zero-order chi connectivity index (χ0) is 14.9. The van der Waals surface area contributed by atoms with Gasteiger partial charge in [-0.25, -0.2) is 0 Å². The second kappa shape index (κ2) is 9.83. The van der Waals surface area contributed by atoms with E-state index in [0.29, 0.717) is 5.56 Å². The number of halogens is 1. The first-order valence-corrected chi connectivity index (χ1v) is 7.15. The molecule has 0 aliphatic carbocycles. The molecular weight excluding hydrogens is 296 g/mol. The molecule has 116 valence electrons. The van der Waals surface area contributed by atoms with Crippen LogP contribution in [0.5, 0.6) is 5.75 Å². The Labute approximate surface area is 138 Å². The summed E-state index contributed by atoms with van der Waals surface area (Å²) in [5.74, 6) is 0.950. The largest absolute Gasteiger partial charge is 0.496 e. The average molecular weight is 317 g/mol. The highest BCUT2D eigenvalue weighted by Gasteiger charge is 2.00. The highest BCUT2D eigenvalue weighted by atomic mass is 35.5. The summed E-state index contributed by atoms with van der Waals surface area (Å²) >= 11 is 0. The summed E-state index contributed by atoms with van der Waals surface area (Å²) < 4.78 is 5.34. The van der Waals surface area contributed by atoms with Crippen molar-refractivity contribution in [3.05, 3.63) is 65.2 Å². The molecule has 0 atom stereocenters. The lowest BCUT2D eigenvalue weighted by Gasteiger charge is -2.09. The van der Waals surface area contributed by atoms with Crippen LogP contribution in [0.15, 0.2) is 48.5 Å². The minimum atomic E-state index is 0. The van der Waals surface area contributed by atoms with Crippen molar-refractivity contribution in [2.24, 2.45) is 0 Å². The fourth-order valence-corrected chi connectivity index (χ4v) is 2.24. The first kappa shape index (κ1) is 18.0. The predicted molar refractivity (Wildman–Crippen MR) is 91.7 cm³/mol. The van der Waals surface area contributed by atoms with Gasteiger partial charge in [0.15, 0.2) is 0 Å². The van der Waals surface area contributed by atoms with Gasteiger partial charge < -0.3 is 10.1 Å². The smallest absolute Gasteiger partial charge is 0.122 e. The van der Waals surface area contributed by atoms with Crippen molar-refractivity contribution in [2.75, 3.05) is 20.2 Å². The highest BCUT2D eigenvalue weighted by Crippen LogP contribution is 2.17.